The first-order valence-corrected chi connectivity index (χ1v) is 10.6. The van der Waals surface area contributed by atoms with Gasteiger partial charge in [-0.1, -0.05) is 75.9 Å². The Morgan fingerprint density at radius 3 is 1.95 bits per heavy atom. The lowest BCUT2D eigenvalue weighted by Crippen LogP contribution is -2.29. The minimum Gasteiger partial charge on any atom is -0.357 e. The van der Waals surface area contributed by atoms with E-state index in [0.29, 0.717) is 0 Å². The zero-order chi connectivity index (χ0) is 14.3. The predicted octanol–water partition coefficient (Wildman–Crippen LogP) is 6.14. The van der Waals surface area contributed by atoms with Crippen molar-refractivity contribution in [1.29, 1.82) is 0 Å². The van der Waals surface area contributed by atoms with Crippen LogP contribution in [0.15, 0.2) is 0 Å². The maximum absolute atomic E-state index is 5.57. The van der Waals surface area contributed by atoms with Crippen molar-refractivity contribution < 1.29 is 0 Å². The van der Waals surface area contributed by atoms with Gasteiger partial charge in [-0.15, -0.1) is 0 Å². The summed E-state index contributed by atoms with van der Waals surface area (Å²) in [5.74, 6) is 1.24. The first-order valence-electron chi connectivity index (χ1n) is 7.84. The summed E-state index contributed by atoms with van der Waals surface area (Å²) < 4.78 is 1.10. The van der Waals surface area contributed by atoms with E-state index in [2.05, 4.69) is 25.7 Å². The second kappa shape index (κ2) is 15.0. The molecule has 114 valence electrons. The Balaban J connectivity index is 3.76. The molecular formula is C15H31NS3. The highest BCUT2D eigenvalue weighted by molar-refractivity contribution is 8.83. The van der Waals surface area contributed by atoms with E-state index in [9.17, 15) is 0 Å². The number of rotatable bonds is 12. The van der Waals surface area contributed by atoms with Crippen LogP contribution in [0.1, 0.15) is 72.1 Å². The summed E-state index contributed by atoms with van der Waals surface area (Å²) in [6, 6.07) is 0. The molecule has 0 unspecified atom stereocenters. The Morgan fingerprint density at radius 1 is 0.842 bits per heavy atom. The molecule has 0 aliphatic rings. The van der Waals surface area contributed by atoms with Crippen LogP contribution in [0, 0.1) is 0 Å². The molecule has 0 rings (SSSR count). The summed E-state index contributed by atoms with van der Waals surface area (Å²) in [6.07, 6.45) is 10.4. The molecule has 0 aliphatic carbocycles. The van der Waals surface area contributed by atoms with Gasteiger partial charge in [0, 0.05) is 18.8 Å². The fourth-order valence-electron chi connectivity index (χ4n) is 1.72. The third kappa shape index (κ3) is 12.1. The van der Waals surface area contributed by atoms with Crippen molar-refractivity contribution in [2.75, 3.05) is 18.8 Å². The van der Waals surface area contributed by atoms with Crippen LogP contribution in [0.25, 0.3) is 0 Å². The van der Waals surface area contributed by atoms with Crippen molar-refractivity contribution in [1.82, 2.24) is 4.90 Å². The normalized spacial score (nSPS) is 10.7. The zero-order valence-corrected chi connectivity index (χ0v) is 15.4. The van der Waals surface area contributed by atoms with Crippen LogP contribution in [0.4, 0.5) is 0 Å². The monoisotopic (exact) mass is 321 g/mol. The van der Waals surface area contributed by atoms with Crippen molar-refractivity contribution in [3.05, 3.63) is 0 Å². The van der Waals surface area contributed by atoms with E-state index >= 15 is 0 Å². The van der Waals surface area contributed by atoms with E-state index in [4.69, 9.17) is 12.2 Å². The van der Waals surface area contributed by atoms with Crippen LogP contribution in [-0.2, 0) is 0 Å². The van der Waals surface area contributed by atoms with Crippen LogP contribution < -0.4 is 0 Å². The van der Waals surface area contributed by atoms with Gasteiger partial charge in [-0.3, -0.25) is 0 Å². The van der Waals surface area contributed by atoms with Gasteiger partial charge in [0.15, 0.2) is 0 Å². The highest BCUT2D eigenvalue weighted by atomic mass is 33.1. The molecule has 0 atom stereocenters. The van der Waals surface area contributed by atoms with Gasteiger partial charge >= 0.3 is 0 Å². The summed E-state index contributed by atoms with van der Waals surface area (Å²) in [5, 5.41) is 0. The summed E-state index contributed by atoms with van der Waals surface area (Å²) in [6.45, 7) is 9.03. The molecular weight excluding hydrogens is 290 g/mol. The molecule has 0 spiro atoms. The van der Waals surface area contributed by atoms with Crippen molar-refractivity contribution in [3.8, 4) is 0 Å². The Hall–Kier alpha value is 0.590. The van der Waals surface area contributed by atoms with Gasteiger partial charge in [-0.05, 0) is 30.1 Å². The third-order valence-electron chi connectivity index (χ3n) is 3.03. The maximum Gasteiger partial charge on any atom is 0.147 e. The van der Waals surface area contributed by atoms with Crippen LogP contribution in [0.2, 0.25) is 0 Å². The van der Waals surface area contributed by atoms with Crippen LogP contribution in [-0.4, -0.2) is 28.1 Å². The molecule has 0 N–H and O–H groups in total. The molecule has 0 amide bonds. The smallest absolute Gasteiger partial charge is 0.147 e. The quantitative estimate of drug-likeness (QED) is 0.241. The molecule has 4 heteroatoms. The second-order valence-corrected chi connectivity index (χ2v) is 7.98. The van der Waals surface area contributed by atoms with E-state index < -0.39 is 0 Å². The molecule has 0 bridgehead atoms. The second-order valence-electron chi connectivity index (χ2n) is 4.93. The van der Waals surface area contributed by atoms with E-state index in [1.807, 2.05) is 21.6 Å². The van der Waals surface area contributed by atoms with Gasteiger partial charge < -0.3 is 4.90 Å². The minimum atomic E-state index is 1.10. The van der Waals surface area contributed by atoms with E-state index in [1.54, 1.807) is 0 Å². The standard InChI is InChI=1S/C15H31NS3/c1-4-7-10-11-14-18-19-15(17)16(12-8-5-2)13-9-6-3/h4-14H2,1-3H3. The van der Waals surface area contributed by atoms with Crippen molar-refractivity contribution >= 4 is 38.1 Å². The van der Waals surface area contributed by atoms with Gasteiger partial charge in [0.2, 0.25) is 0 Å². The zero-order valence-electron chi connectivity index (χ0n) is 13.0. The lowest BCUT2D eigenvalue weighted by atomic mass is 10.2. The predicted molar refractivity (Wildman–Crippen MR) is 98.2 cm³/mol. The summed E-state index contributed by atoms with van der Waals surface area (Å²) >= 11 is 5.57. The van der Waals surface area contributed by atoms with Gasteiger partial charge in [-0.25, -0.2) is 0 Å². The first kappa shape index (κ1) is 19.6. The fourth-order valence-corrected chi connectivity index (χ4v) is 4.36. The van der Waals surface area contributed by atoms with Crippen LogP contribution in [0.5, 0.6) is 0 Å². The van der Waals surface area contributed by atoms with Gasteiger partial charge in [-0.2, -0.15) is 0 Å². The molecule has 0 aromatic carbocycles. The molecule has 19 heavy (non-hydrogen) atoms. The third-order valence-corrected chi connectivity index (χ3v) is 6.16. The Morgan fingerprint density at radius 2 is 1.42 bits per heavy atom. The molecule has 0 radical (unpaired) electrons. The average Bonchev–Trinajstić information content (AvgIpc) is 2.42. The lowest BCUT2D eigenvalue weighted by molar-refractivity contribution is 0.411. The molecule has 0 aromatic heterocycles. The highest BCUT2D eigenvalue weighted by Gasteiger charge is 2.09. The Bertz CT molecular complexity index is 202. The van der Waals surface area contributed by atoms with Crippen LogP contribution >= 0.6 is 33.8 Å². The highest BCUT2D eigenvalue weighted by Crippen LogP contribution is 2.27. The van der Waals surface area contributed by atoms with E-state index in [1.165, 1.54) is 57.1 Å². The molecule has 0 heterocycles. The van der Waals surface area contributed by atoms with Crippen molar-refractivity contribution in [3.63, 3.8) is 0 Å². The molecule has 1 nitrogen and oxygen atoms in total. The Kier molecular flexibility index (Phi) is 15.5. The SMILES string of the molecule is CCCCCCSSC(=S)N(CCCC)CCCC. The maximum atomic E-state index is 5.57. The molecule has 0 saturated heterocycles. The Labute approximate surface area is 134 Å². The van der Waals surface area contributed by atoms with Crippen molar-refractivity contribution in [2.24, 2.45) is 0 Å². The van der Waals surface area contributed by atoms with Gasteiger partial charge in [0.25, 0.3) is 0 Å². The number of hydrogen-bond donors (Lipinski definition) is 0. The first-order chi connectivity index (χ1) is 9.26. The fraction of sp³-hybridized carbons (Fsp3) is 0.933. The summed E-state index contributed by atoms with van der Waals surface area (Å²) in [5.41, 5.74) is 0. The van der Waals surface area contributed by atoms with Gasteiger partial charge in [0.1, 0.15) is 4.32 Å². The van der Waals surface area contributed by atoms with Crippen LogP contribution in [0.3, 0.4) is 0 Å². The summed E-state index contributed by atoms with van der Waals surface area (Å²) in [7, 11) is 3.76. The van der Waals surface area contributed by atoms with Crippen molar-refractivity contribution in [2.45, 2.75) is 72.1 Å². The molecule has 0 aromatic rings. The topological polar surface area (TPSA) is 3.24 Å². The van der Waals surface area contributed by atoms with E-state index in [-0.39, 0.29) is 0 Å². The molecule has 0 aliphatic heterocycles. The molecule has 0 fully saturated rings. The number of nitrogens with zero attached hydrogens (tertiary/aromatic N) is 1. The molecule has 0 saturated carbocycles. The lowest BCUT2D eigenvalue weighted by Gasteiger charge is -2.24. The minimum absolute atomic E-state index is 1.10. The number of unbranched alkanes of at least 4 members (excludes halogenated alkanes) is 5. The largest absolute Gasteiger partial charge is 0.357 e. The van der Waals surface area contributed by atoms with Gasteiger partial charge in [0.05, 0.1) is 0 Å². The number of thiocarbonyl (C=S) groups is 1. The summed E-state index contributed by atoms with van der Waals surface area (Å²) in [4.78, 5) is 2.41. The van der Waals surface area contributed by atoms with E-state index in [0.717, 1.165) is 17.4 Å². The number of hydrogen-bond acceptors (Lipinski definition) is 3. The average molecular weight is 322 g/mol.